The molecule has 0 bridgehead atoms. The lowest BCUT2D eigenvalue weighted by Crippen LogP contribution is -2.13. The van der Waals surface area contributed by atoms with Crippen LogP contribution in [0.25, 0.3) is 0 Å². The minimum atomic E-state index is -0.170. The highest BCUT2D eigenvalue weighted by Crippen LogP contribution is 2.20. The topological polar surface area (TPSA) is 49.3 Å². The molecule has 3 nitrogen and oxygen atoms in total. The summed E-state index contributed by atoms with van der Waals surface area (Å²) in [5.74, 6) is 0.0279. The van der Waals surface area contributed by atoms with Crippen molar-refractivity contribution in [3.8, 4) is 5.75 Å². The quantitative estimate of drug-likeness (QED) is 0.861. The van der Waals surface area contributed by atoms with Gasteiger partial charge in [-0.25, -0.2) is 0 Å². The third-order valence-corrected chi connectivity index (χ3v) is 3.10. The van der Waals surface area contributed by atoms with E-state index in [9.17, 15) is 9.90 Å². The molecule has 0 aliphatic rings. The first-order valence-corrected chi connectivity index (χ1v) is 6.15. The first-order valence-electron chi connectivity index (χ1n) is 6.15. The third kappa shape index (κ3) is 2.94. The fourth-order valence-electron chi connectivity index (χ4n) is 1.86. The van der Waals surface area contributed by atoms with Crippen molar-refractivity contribution < 1.29 is 9.90 Å². The maximum Gasteiger partial charge on any atom is 0.255 e. The minimum absolute atomic E-state index is 0.170. The summed E-state index contributed by atoms with van der Waals surface area (Å²) in [6.45, 7) is 5.71. The van der Waals surface area contributed by atoms with E-state index in [0.29, 0.717) is 11.1 Å². The molecule has 0 aliphatic carbocycles. The molecule has 1 amide bonds. The third-order valence-electron chi connectivity index (χ3n) is 3.10. The number of amides is 1. The second-order valence-electron chi connectivity index (χ2n) is 4.77. The van der Waals surface area contributed by atoms with Crippen LogP contribution < -0.4 is 5.32 Å². The summed E-state index contributed by atoms with van der Waals surface area (Å²) >= 11 is 0. The number of hydrogen-bond acceptors (Lipinski definition) is 2. The Labute approximate surface area is 112 Å². The lowest BCUT2D eigenvalue weighted by Gasteiger charge is -2.10. The first-order chi connectivity index (χ1) is 8.97. The monoisotopic (exact) mass is 255 g/mol. The Hall–Kier alpha value is -2.29. The summed E-state index contributed by atoms with van der Waals surface area (Å²) in [5, 5.41) is 12.4. The molecule has 0 spiro atoms. The Bertz CT molecular complexity index is 633. The summed E-state index contributed by atoms with van der Waals surface area (Å²) in [4.78, 5) is 12.1. The van der Waals surface area contributed by atoms with E-state index in [4.69, 9.17) is 0 Å². The molecule has 2 N–H and O–H groups in total. The fourth-order valence-corrected chi connectivity index (χ4v) is 1.86. The van der Waals surface area contributed by atoms with Gasteiger partial charge < -0.3 is 10.4 Å². The van der Waals surface area contributed by atoms with E-state index in [2.05, 4.69) is 5.32 Å². The number of aromatic hydroxyl groups is 1. The van der Waals surface area contributed by atoms with Crippen molar-refractivity contribution in [2.75, 3.05) is 5.32 Å². The van der Waals surface area contributed by atoms with E-state index < -0.39 is 0 Å². The van der Waals surface area contributed by atoms with E-state index in [0.717, 1.165) is 16.8 Å². The van der Waals surface area contributed by atoms with Gasteiger partial charge in [0.05, 0.1) is 0 Å². The second-order valence-corrected chi connectivity index (χ2v) is 4.77. The predicted molar refractivity (Wildman–Crippen MR) is 76.7 cm³/mol. The van der Waals surface area contributed by atoms with Crippen LogP contribution in [0.4, 0.5) is 5.69 Å². The summed E-state index contributed by atoms with van der Waals surface area (Å²) < 4.78 is 0. The first kappa shape index (κ1) is 13.1. The van der Waals surface area contributed by atoms with Crippen molar-refractivity contribution in [2.45, 2.75) is 20.8 Å². The van der Waals surface area contributed by atoms with Gasteiger partial charge in [0, 0.05) is 11.3 Å². The van der Waals surface area contributed by atoms with Crippen molar-refractivity contribution in [1.29, 1.82) is 0 Å². The number of nitrogens with one attached hydrogen (secondary N) is 1. The van der Waals surface area contributed by atoms with Crippen LogP contribution in [-0.4, -0.2) is 11.0 Å². The molecular weight excluding hydrogens is 238 g/mol. The molecular formula is C16H17NO2. The van der Waals surface area contributed by atoms with E-state index in [1.54, 1.807) is 19.1 Å². The van der Waals surface area contributed by atoms with Gasteiger partial charge >= 0.3 is 0 Å². The van der Waals surface area contributed by atoms with Gasteiger partial charge in [0.2, 0.25) is 0 Å². The van der Waals surface area contributed by atoms with Gasteiger partial charge in [-0.3, -0.25) is 4.79 Å². The number of phenolic OH excluding ortho intramolecular Hbond substituents is 1. The Morgan fingerprint density at radius 3 is 2.42 bits per heavy atom. The number of aryl methyl sites for hydroxylation is 3. The number of phenols is 1. The van der Waals surface area contributed by atoms with Crippen LogP contribution in [0, 0.1) is 20.8 Å². The molecule has 0 saturated carbocycles. The van der Waals surface area contributed by atoms with Gasteiger partial charge in [-0.1, -0.05) is 12.1 Å². The number of carbonyl (C=O) groups excluding carboxylic acids is 1. The molecule has 0 aromatic heterocycles. The van der Waals surface area contributed by atoms with E-state index in [1.165, 1.54) is 6.07 Å². The van der Waals surface area contributed by atoms with Crippen LogP contribution in [0.15, 0.2) is 36.4 Å². The summed E-state index contributed by atoms with van der Waals surface area (Å²) in [5.41, 5.74) is 4.16. The van der Waals surface area contributed by atoms with Crippen molar-refractivity contribution in [3.63, 3.8) is 0 Å². The molecule has 98 valence electrons. The number of hydrogen-bond donors (Lipinski definition) is 2. The zero-order valence-corrected chi connectivity index (χ0v) is 11.3. The average molecular weight is 255 g/mol. The Morgan fingerprint density at radius 1 is 1.00 bits per heavy atom. The molecule has 3 heteroatoms. The molecule has 19 heavy (non-hydrogen) atoms. The molecule has 0 fully saturated rings. The highest BCUT2D eigenvalue weighted by Gasteiger charge is 2.09. The molecule has 0 unspecified atom stereocenters. The van der Waals surface area contributed by atoms with Crippen LogP contribution >= 0.6 is 0 Å². The van der Waals surface area contributed by atoms with Crippen molar-refractivity contribution in [3.05, 3.63) is 58.7 Å². The van der Waals surface area contributed by atoms with Crippen LogP contribution in [0.5, 0.6) is 5.75 Å². The van der Waals surface area contributed by atoms with Crippen molar-refractivity contribution in [2.24, 2.45) is 0 Å². The van der Waals surface area contributed by atoms with Crippen LogP contribution in [0.2, 0.25) is 0 Å². The highest BCUT2D eigenvalue weighted by molar-refractivity contribution is 6.04. The zero-order valence-electron chi connectivity index (χ0n) is 11.3. The lowest BCUT2D eigenvalue weighted by atomic mass is 10.1. The van der Waals surface area contributed by atoms with Crippen LogP contribution in [-0.2, 0) is 0 Å². The predicted octanol–water partition coefficient (Wildman–Crippen LogP) is 3.57. The molecule has 0 radical (unpaired) electrons. The van der Waals surface area contributed by atoms with Gasteiger partial charge in [-0.2, -0.15) is 0 Å². The molecule has 0 saturated heterocycles. The molecule has 2 rings (SSSR count). The fraction of sp³-hybridized carbons (Fsp3) is 0.188. The van der Waals surface area contributed by atoms with E-state index in [-0.39, 0.29) is 11.7 Å². The standard InChI is InChI=1S/C16H17NO2/c1-10-4-5-11(2)14(8-10)17-16(19)13-6-7-15(18)12(3)9-13/h4-9,18H,1-3H3,(H,17,19). The zero-order chi connectivity index (χ0) is 14.0. The lowest BCUT2D eigenvalue weighted by molar-refractivity contribution is 0.102. The summed E-state index contributed by atoms with van der Waals surface area (Å²) in [6.07, 6.45) is 0. The number of anilines is 1. The van der Waals surface area contributed by atoms with Crippen molar-refractivity contribution >= 4 is 11.6 Å². The number of benzene rings is 2. The Morgan fingerprint density at radius 2 is 1.74 bits per heavy atom. The van der Waals surface area contributed by atoms with E-state index in [1.807, 2.05) is 32.0 Å². The van der Waals surface area contributed by atoms with Crippen LogP contribution in [0.3, 0.4) is 0 Å². The largest absolute Gasteiger partial charge is 0.508 e. The van der Waals surface area contributed by atoms with E-state index >= 15 is 0 Å². The van der Waals surface area contributed by atoms with Crippen LogP contribution in [0.1, 0.15) is 27.0 Å². The van der Waals surface area contributed by atoms with Gasteiger partial charge in [0.25, 0.3) is 5.91 Å². The molecule has 0 atom stereocenters. The SMILES string of the molecule is Cc1ccc(C)c(NC(=O)c2ccc(O)c(C)c2)c1. The maximum absolute atomic E-state index is 12.1. The minimum Gasteiger partial charge on any atom is -0.508 e. The normalized spacial score (nSPS) is 10.3. The Balaban J connectivity index is 2.25. The molecule has 0 heterocycles. The summed E-state index contributed by atoms with van der Waals surface area (Å²) in [6, 6.07) is 10.8. The van der Waals surface area contributed by atoms with Crippen molar-refractivity contribution in [1.82, 2.24) is 0 Å². The number of rotatable bonds is 2. The van der Waals surface area contributed by atoms with Gasteiger partial charge in [0.15, 0.2) is 0 Å². The second kappa shape index (κ2) is 5.14. The molecule has 2 aromatic carbocycles. The smallest absolute Gasteiger partial charge is 0.255 e. The molecule has 2 aromatic rings. The Kier molecular flexibility index (Phi) is 3.56. The van der Waals surface area contributed by atoms with Gasteiger partial charge in [-0.15, -0.1) is 0 Å². The number of carbonyl (C=O) groups is 1. The molecule has 0 aliphatic heterocycles. The maximum atomic E-state index is 12.1. The average Bonchev–Trinajstić information content (AvgIpc) is 2.37. The summed E-state index contributed by atoms with van der Waals surface area (Å²) in [7, 11) is 0. The van der Waals surface area contributed by atoms with Gasteiger partial charge in [0.1, 0.15) is 5.75 Å². The van der Waals surface area contributed by atoms with Gasteiger partial charge in [-0.05, 0) is 61.7 Å². The highest BCUT2D eigenvalue weighted by atomic mass is 16.3.